The van der Waals surface area contributed by atoms with Crippen LogP contribution in [-0.4, -0.2) is 162 Å². The third-order valence-electron chi connectivity index (χ3n) is 12.0. The fourth-order valence-corrected chi connectivity index (χ4v) is 10.4. The Morgan fingerprint density at radius 3 is 2.29 bits per heavy atom. The second-order valence-corrected chi connectivity index (χ2v) is 19.8. The summed E-state index contributed by atoms with van der Waals surface area (Å²) < 4.78 is 64.6. The topological polar surface area (TPSA) is 284 Å². The molecule has 0 radical (unpaired) electrons. The Morgan fingerprint density at radius 1 is 0.867 bits per heavy atom. The Balaban J connectivity index is 1.12. The number of amides is 3. The smallest absolute Gasteiger partial charge is 0.303 e. The third kappa shape index (κ3) is 18.2. The summed E-state index contributed by atoms with van der Waals surface area (Å²) in [4.78, 5) is 74.7. The number of esters is 2. The number of benzene rings is 1. The number of aromatic nitrogens is 4. The maximum absolute atomic E-state index is 13.1. The highest BCUT2D eigenvalue weighted by atomic mass is 31.2. The second kappa shape index (κ2) is 31.0. The minimum Gasteiger partial charge on any atom is -0.463 e. The SMILES string of the molecule is CC[C@H]1O[C@@H](n2cnc3c(NC(=O)c4ccccc4)ncnc32)C(OCOCCOCCNC(=O)CCCCOC2OC(COC(C)=O)C(OC(C)=O)C(C)C2NC(C)=O)[C@H]1OP(OCCC#N)N(C(C)C)C(C)C. The normalized spacial score (nSPS) is 23.0. The van der Waals surface area contributed by atoms with Gasteiger partial charge in [0.25, 0.3) is 14.4 Å². The summed E-state index contributed by atoms with van der Waals surface area (Å²) in [6.45, 7) is 16.8. The van der Waals surface area contributed by atoms with Crippen LogP contribution in [0.5, 0.6) is 0 Å². The van der Waals surface area contributed by atoms with Crippen LogP contribution in [0.4, 0.5) is 5.82 Å². The van der Waals surface area contributed by atoms with Gasteiger partial charge < -0.3 is 62.9 Å². The van der Waals surface area contributed by atoms with Gasteiger partial charge in [0.15, 0.2) is 29.5 Å². The summed E-state index contributed by atoms with van der Waals surface area (Å²) in [5, 5.41) is 17.8. The number of ether oxygens (including phenoxy) is 8. The van der Waals surface area contributed by atoms with Crippen molar-refractivity contribution < 1.29 is 70.9 Å². The molecule has 1 aromatic carbocycles. The minimum atomic E-state index is -1.70. The van der Waals surface area contributed by atoms with Gasteiger partial charge in [-0.2, -0.15) is 5.26 Å². The molecule has 4 heterocycles. The third-order valence-corrected chi connectivity index (χ3v) is 14.1. The van der Waals surface area contributed by atoms with Crippen molar-refractivity contribution in [3.63, 3.8) is 0 Å². The molecule has 2 saturated heterocycles. The molecule has 0 bridgehead atoms. The number of rotatable bonds is 31. The molecule has 5 rings (SSSR count). The van der Waals surface area contributed by atoms with E-state index in [9.17, 15) is 29.2 Å². The minimum absolute atomic E-state index is 0.0412. The van der Waals surface area contributed by atoms with Crippen molar-refractivity contribution in [3.8, 4) is 6.07 Å². The number of nitrogens with one attached hydrogen (secondary N) is 3. The average Bonchev–Trinajstić information content (AvgIpc) is 3.95. The van der Waals surface area contributed by atoms with Crippen LogP contribution in [0.2, 0.25) is 0 Å². The molecule has 3 amide bonds. The van der Waals surface area contributed by atoms with Crippen LogP contribution < -0.4 is 16.0 Å². The summed E-state index contributed by atoms with van der Waals surface area (Å²) in [5.41, 5.74) is 1.18. The van der Waals surface area contributed by atoms with Crippen LogP contribution >= 0.6 is 8.53 Å². The first kappa shape index (κ1) is 60.5. The highest BCUT2D eigenvalue weighted by Gasteiger charge is 2.50. The monoisotopic (exact) mass is 1070 g/mol. The number of unbranched alkanes of at least 4 members (excludes halogenated alkanes) is 1. The summed E-state index contributed by atoms with van der Waals surface area (Å²) in [7, 11) is -1.70. The lowest BCUT2D eigenvalue weighted by molar-refractivity contribution is -0.262. The molecule has 2 aromatic heterocycles. The number of carbonyl (C=O) groups excluding carboxylic acids is 5. The van der Waals surface area contributed by atoms with Crippen molar-refractivity contribution in [1.29, 1.82) is 5.26 Å². The van der Waals surface area contributed by atoms with Gasteiger partial charge in [0.1, 0.15) is 44.1 Å². The van der Waals surface area contributed by atoms with Crippen LogP contribution in [0.15, 0.2) is 43.0 Å². The lowest BCUT2D eigenvalue weighted by atomic mass is 9.88. The maximum atomic E-state index is 13.1. The van der Waals surface area contributed by atoms with E-state index in [0.717, 1.165) is 0 Å². The zero-order valence-corrected chi connectivity index (χ0v) is 45.2. The molecule has 7 unspecified atom stereocenters. The van der Waals surface area contributed by atoms with Crippen molar-refractivity contribution in [3.05, 3.63) is 48.5 Å². The fraction of sp³-hybridized carbons (Fsp3) is 0.660. The molecule has 0 spiro atoms. The van der Waals surface area contributed by atoms with Crippen molar-refractivity contribution in [2.75, 3.05) is 58.3 Å². The van der Waals surface area contributed by atoms with Gasteiger partial charge in [0, 0.05) is 63.9 Å². The van der Waals surface area contributed by atoms with E-state index >= 15 is 0 Å². The van der Waals surface area contributed by atoms with Gasteiger partial charge in [-0.05, 0) is 59.1 Å². The standard InChI is InChI=1S/C50H74N9O15P/c1-10-38-44(74-75(70-23-16-20-51)59(31(2)3)32(4)5)45(49(72-38)58-29-55-42-46(53-28-54-47(42)58)57-48(64)37-17-12-11-13-18-37)69-30-66-26-25-65-24-21-52-40(63)19-14-15-22-67-50-41(56-34(7)60)33(6)43(71-36(9)62)39(73-50)27-68-35(8)61/h11-13,17-18,28-29,31-33,38-39,41,43-45,49-50H,10,14-16,19,21-27,30H2,1-9H3,(H,52,63)(H,56,60)(H,53,54,57,64)/t33?,38-,39?,41?,43?,44+,45?,49-,50?,75?/m1/s1. The summed E-state index contributed by atoms with van der Waals surface area (Å²) in [6, 6.07) is 10.3. The maximum Gasteiger partial charge on any atom is 0.303 e. The molecule has 3 aromatic rings. The predicted molar refractivity (Wildman–Crippen MR) is 271 cm³/mol. The molecule has 2 aliphatic rings. The van der Waals surface area contributed by atoms with E-state index in [1.807, 2.05) is 13.0 Å². The van der Waals surface area contributed by atoms with Gasteiger partial charge in [-0.3, -0.25) is 28.5 Å². The first-order valence-electron chi connectivity index (χ1n) is 25.4. The van der Waals surface area contributed by atoms with Gasteiger partial charge in [0.05, 0.1) is 57.4 Å². The molecule has 10 atom stereocenters. The number of anilines is 1. The molecule has 2 aliphatic heterocycles. The Bertz CT molecular complexity index is 2310. The first-order chi connectivity index (χ1) is 36.0. The van der Waals surface area contributed by atoms with Crippen molar-refractivity contribution in [2.24, 2.45) is 5.92 Å². The van der Waals surface area contributed by atoms with Gasteiger partial charge in [0.2, 0.25) is 11.8 Å². The number of fused-ring (bicyclic) bond motifs is 1. The number of imidazole rings is 1. The first-order valence-corrected chi connectivity index (χ1v) is 26.5. The predicted octanol–water partition coefficient (Wildman–Crippen LogP) is 5.09. The molecule has 0 saturated carbocycles. The Morgan fingerprint density at radius 2 is 1.61 bits per heavy atom. The molecule has 75 heavy (non-hydrogen) atoms. The van der Waals surface area contributed by atoms with E-state index in [1.165, 1.54) is 27.1 Å². The summed E-state index contributed by atoms with van der Waals surface area (Å²) in [5.74, 6) is -2.14. The van der Waals surface area contributed by atoms with Crippen molar-refractivity contribution in [1.82, 2.24) is 34.8 Å². The van der Waals surface area contributed by atoms with E-state index in [4.69, 9.17) is 46.9 Å². The van der Waals surface area contributed by atoms with Gasteiger partial charge in [-0.25, -0.2) is 19.6 Å². The van der Waals surface area contributed by atoms with Crippen molar-refractivity contribution >= 4 is 55.2 Å². The lowest BCUT2D eigenvalue weighted by Gasteiger charge is -2.44. The molecule has 3 N–H and O–H groups in total. The Labute approximate surface area is 439 Å². The number of carbonyl (C=O) groups is 5. The molecular weight excluding hydrogens is 998 g/mol. The van der Waals surface area contributed by atoms with E-state index in [1.54, 1.807) is 42.1 Å². The summed E-state index contributed by atoms with van der Waals surface area (Å²) >= 11 is 0. The van der Waals surface area contributed by atoms with E-state index in [-0.39, 0.29) is 101 Å². The highest BCUT2D eigenvalue weighted by Crippen LogP contribution is 2.51. The van der Waals surface area contributed by atoms with Gasteiger partial charge >= 0.3 is 11.9 Å². The molecule has 25 heteroatoms. The van der Waals surface area contributed by atoms with E-state index in [0.29, 0.717) is 36.0 Å². The average molecular weight is 1070 g/mol. The number of nitriles is 1. The molecule has 414 valence electrons. The number of hydrogen-bond acceptors (Lipinski definition) is 20. The highest BCUT2D eigenvalue weighted by molar-refractivity contribution is 7.44. The number of nitrogens with zero attached hydrogens (tertiary/aromatic N) is 6. The zero-order valence-electron chi connectivity index (χ0n) is 44.3. The zero-order chi connectivity index (χ0) is 54.4. The lowest BCUT2D eigenvalue weighted by Crippen LogP contribution is -2.62. The van der Waals surface area contributed by atoms with Crippen LogP contribution in [-0.2, 0) is 66.1 Å². The quantitative estimate of drug-likeness (QED) is 0.0327. The molecule has 0 aliphatic carbocycles. The van der Waals surface area contributed by atoms with Crippen LogP contribution in [0, 0.1) is 17.2 Å². The molecule has 24 nitrogen and oxygen atoms in total. The second-order valence-electron chi connectivity index (χ2n) is 18.4. The Kier molecular flexibility index (Phi) is 25.1. The van der Waals surface area contributed by atoms with Crippen LogP contribution in [0.1, 0.15) is 111 Å². The van der Waals surface area contributed by atoms with E-state index < -0.39 is 75.5 Å². The van der Waals surface area contributed by atoms with Crippen molar-refractivity contribution in [2.45, 2.75) is 156 Å². The summed E-state index contributed by atoms with van der Waals surface area (Å²) in [6.07, 6.45) is -0.430. The van der Waals surface area contributed by atoms with E-state index in [2.05, 4.69) is 69.3 Å². The largest absolute Gasteiger partial charge is 0.463 e. The van der Waals surface area contributed by atoms with Gasteiger partial charge in [-0.1, -0.05) is 32.0 Å². The van der Waals surface area contributed by atoms with Crippen LogP contribution in [0.3, 0.4) is 0 Å². The number of hydrogen-bond donors (Lipinski definition) is 3. The fourth-order valence-electron chi connectivity index (χ4n) is 8.62. The molecular formula is C50H74N9O15P. The van der Waals surface area contributed by atoms with Crippen LogP contribution in [0.25, 0.3) is 11.2 Å². The molecule has 2 fully saturated rings. The Hall–Kier alpha value is -5.32. The van der Waals surface area contributed by atoms with Gasteiger partial charge in [-0.15, -0.1) is 0 Å².